The molecule has 0 aliphatic heterocycles. The minimum Gasteiger partial charge on any atom is -0.365 e. The number of hydrogen-bond acceptors (Lipinski definition) is 7. The lowest BCUT2D eigenvalue weighted by molar-refractivity contribution is -0.113. The van der Waals surface area contributed by atoms with Crippen molar-refractivity contribution in [1.82, 2.24) is 9.97 Å². The van der Waals surface area contributed by atoms with Crippen molar-refractivity contribution in [2.75, 3.05) is 11.1 Å². The molecule has 0 atom stereocenters. The molecule has 0 unspecified atom stereocenters. The van der Waals surface area contributed by atoms with E-state index in [0.29, 0.717) is 16.4 Å². The maximum absolute atomic E-state index is 12.7. The second-order valence-electron chi connectivity index (χ2n) is 7.11. The molecule has 0 fully saturated rings. The predicted octanol–water partition coefficient (Wildman–Crippen LogP) is 4.74. The molecule has 0 saturated carbocycles. The summed E-state index contributed by atoms with van der Waals surface area (Å²) < 4.78 is 0. The molecule has 31 heavy (non-hydrogen) atoms. The normalized spacial score (nSPS) is 12.8. The summed E-state index contributed by atoms with van der Waals surface area (Å²) in [5.41, 5.74) is 7.91. The lowest BCUT2D eigenvalue weighted by atomic mass is 10.1. The first-order chi connectivity index (χ1) is 15.1. The average molecular weight is 467 g/mol. The van der Waals surface area contributed by atoms with Crippen LogP contribution in [0.1, 0.15) is 27.2 Å². The van der Waals surface area contributed by atoms with Crippen LogP contribution in [-0.4, -0.2) is 27.5 Å². The van der Waals surface area contributed by atoms with Gasteiger partial charge in [0, 0.05) is 10.3 Å². The van der Waals surface area contributed by atoms with Gasteiger partial charge in [0.05, 0.1) is 21.7 Å². The second-order valence-corrected chi connectivity index (χ2v) is 10.1. The molecule has 156 valence electrons. The van der Waals surface area contributed by atoms with Crippen LogP contribution in [0, 0.1) is 0 Å². The zero-order valence-corrected chi connectivity index (χ0v) is 18.8. The highest BCUT2D eigenvalue weighted by Gasteiger charge is 2.26. The Morgan fingerprint density at radius 3 is 2.81 bits per heavy atom. The van der Waals surface area contributed by atoms with E-state index in [1.807, 2.05) is 41.8 Å². The summed E-state index contributed by atoms with van der Waals surface area (Å²) in [5, 5.41) is 7.12. The van der Waals surface area contributed by atoms with Crippen LogP contribution < -0.4 is 11.1 Å². The molecule has 0 saturated heterocycles. The third-order valence-electron chi connectivity index (χ3n) is 5.07. The number of para-hydroxylation sites is 1. The number of primary amides is 1. The highest BCUT2D eigenvalue weighted by atomic mass is 32.2. The molecule has 4 aromatic rings. The molecule has 5 rings (SSSR count). The number of anilines is 1. The molecule has 3 heterocycles. The molecule has 6 nitrogen and oxygen atoms in total. The van der Waals surface area contributed by atoms with Crippen LogP contribution in [0.5, 0.6) is 0 Å². The van der Waals surface area contributed by atoms with Crippen molar-refractivity contribution >= 4 is 62.2 Å². The topological polar surface area (TPSA) is 98.0 Å². The Kier molecular flexibility index (Phi) is 5.47. The molecule has 3 aromatic heterocycles. The molecule has 9 heteroatoms. The monoisotopic (exact) mass is 466 g/mol. The Balaban J connectivity index is 1.38. The first-order valence-corrected chi connectivity index (χ1v) is 12.5. The lowest BCUT2D eigenvalue weighted by Crippen LogP contribution is -2.19. The number of fused-ring (bicyclic) bond motifs is 2. The zero-order chi connectivity index (χ0) is 21.4. The van der Waals surface area contributed by atoms with Crippen molar-refractivity contribution in [3.05, 3.63) is 57.8 Å². The highest BCUT2D eigenvalue weighted by molar-refractivity contribution is 8.00. The standard InChI is InChI=1S/C22H18N4O2S3/c23-19(28)18-13-6-3-8-15(13)31-22(18)25-17(27)11-30-21-12-5-1-2-7-14(12)24-20(26-21)16-9-4-10-29-16/h1-2,4-5,7,9-10H,3,6,8,11H2,(H2,23,28)(H,25,27). The fraction of sp³-hybridized carbons (Fsp3) is 0.182. The number of rotatable bonds is 6. The van der Waals surface area contributed by atoms with E-state index < -0.39 is 5.91 Å². The maximum Gasteiger partial charge on any atom is 0.251 e. The quantitative estimate of drug-likeness (QED) is 0.316. The van der Waals surface area contributed by atoms with Crippen molar-refractivity contribution < 1.29 is 9.59 Å². The van der Waals surface area contributed by atoms with E-state index in [0.717, 1.165) is 50.5 Å². The number of aryl methyl sites for hydroxylation is 1. The molecule has 1 aliphatic rings. The lowest BCUT2D eigenvalue weighted by Gasteiger charge is -2.09. The summed E-state index contributed by atoms with van der Waals surface area (Å²) in [4.78, 5) is 36.2. The number of thiophene rings is 2. The Morgan fingerprint density at radius 2 is 2.00 bits per heavy atom. The molecule has 2 amide bonds. The van der Waals surface area contributed by atoms with E-state index in [2.05, 4.69) is 10.3 Å². The Morgan fingerprint density at radius 1 is 1.13 bits per heavy atom. The van der Waals surface area contributed by atoms with Crippen molar-refractivity contribution in [1.29, 1.82) is 0 Å². The van der Waals surface area contributed by atoms with Gasteiger partial charge in [-0.15, -0.1) is 22.7 Å². The zero-order valence-electron chi connectivity index (χ0n) is 16.4. The van der Waals surface area contributed by atoms with E-state index in [9.17, 15) is 9.59 Å². The Hall–Kier alpha value is -2.75. The Bertz CT molecular complexity index is 1300. The summed E-state index contributed by atoms with van der Waals surface area (Å²) in [5.74, 6) is 0.158. The second kappa shape index (κ2) is 8.41. The molecule has 3 N–H and O–H groups in total. The molecule has 0 spiro atoms. The van der Waals surface area contributed by atoms with Crippen LogP contribution in [0.2, 0.25) is 0 Å². The summed E-state index contributed by atoms with van der Waals surface area (Å²) in [6.07, 6.45) is 2.80. The van der Waals surface area contributed by atoms with Gasteiger partial charge in [-0.25, -0.2) is 9.97 Å². The largest absolute Gasteiger partial charge is 0.365 e. The number of hydrogen-bond donors (Lipinski definition) is 2. The summed E-state index contributed by atoms with van der Waals surface area (Å²) in [6.45, 7) is 0. The summed E-state index contributed by atoms with van der Waals surface area (Å²) in [7, 11) is 0. The van der Waals surface area contributed by atoms with E-state index in [-0.39, 0.29) is 11.7 Å². The van der Waals surface area contributed by atoms with Crippen molar-refractivity contribution in [3.63, 3.8) is 0 Å². The Labute approximate surface area is 190 Å². The average Bonchev–Trinajstić information content (AvgIpc) is 3.49. The molecule has 0 radical (unpaired) electrons. The van der Waals surface area contributed by atoms with Gasteiger partial charge in [0.1, 0.15) is 10.0 Å². The van der Waals surface area contributed by atoms with Crippen LogP contribution in [0.4, 0.5) is 5.00 Å². The summed E-state index contributed by atoms with van der Waals surface area (Å²) >= 11 is 4.41. The van der Waals surface area contributed by atoms with Gasteiger partial charge >= 0.3 is 0 Å². The van der Waals surface area contributed by atoms with Gasteiger partial charge in [0.25, 0.3) is 5.91 Å². The molecular formula is C22H18N4O2S3. The third kappa shape index (κ3) is 3.96. The van der Waals surface area contributed by atoms with Crippen LogP contribution in [0.25, 0.3) is 21.6 Å². The van der Waals surface area contributed by atoms with Crippen molar-refractivity contribution in [3.8, 4) is 10.7 Å². The van der Waals surface area contributed by atoms with Crippen LogP contribution in [-0.2, 0) is 17.6 Å². The fourth-order valence-electron chi connectivity index (χ4n) is 3.72. The van der Waals surface area contributed by atoms with Gasteiger partial charge in [-0.3, -0.25) is 9.59 Å². The van der Waals surface area contributed by atoms with E-state index in [1.165, 1.54) is 23.1 Å². The van der Waals surface area contributed by atoms with Crippen LogP contribution in [0.15, 0.2) is 46.8 Å². The first-order valence-electron chi connectivity index (χ1n) is 9.78. The van der Waals surface area contributed by atoms with E-state index in [4.69, 9.17) is 10.7 Å². The first kappa shape index (κ1) is 20.2. The number of benzene rings is 1. The van der Waals surface area contributed by atoms with Gasteiger partial charge in [-0.05, 0) is 42.3 Å². The smallest absolute Gasteiger partial charge is 0.251 e. The molecule has 0 bridgehead atoms. The SMILES string of the molecule is NC(=O)c1c(NC(=O)CSc2nc(-c3cccs3)nc3ccccc23)sc2c1CCC2. The van der Waals surface area contributed by atoms with E-state index in [1.54, 1.807) is 11.3 Å². The summed E-state index contributed by atoms with van der Waals surface area (Å²) in [6, 6.07) is 11.7. The fourth-order valence-corrected chi connectivity index (χ4v) is 6.51. The number of aromatic nitrogens is 2. The number of amides is 2. The predicted molar refractivity (Wildman–Crippen MR) is 127 cm³/mol. The van der Waals surface area contributed by atoms with Gasteiger partial charge in [0.15, 0.2) is 5.82 Å². The molecular weight excluding hydrogens is 448 g/mol. The van der Waals surface area contributed by atoms with Gasteiger partial charge < -0.3 is 11.1 Å². The number of nitrogens with two attached hydrogens (primary N) is 1. The van der Waals surface area contributed by atoms with Crippen LogP contribution in [0.3, 0.4) is 0 Å². The number of nitrogens with one attached hydrogen (secondary N) is 1. The molecule has 1 aliphatic carbocycles. The van der Waals surface area contributed by atoms with Crippen LogP contribution >= 0.6 is 34.4 Å². The van der Waals surface area contributed by atoms with Gasteiger partial charge in [-0.2, -0.15) is 0 Å². The minimum absolute atomic E-state index is 0.172. The number of carbonyl (C=O) groups is 2. The van der Waals surface area contributed by atoms with Crippen molar-refractivity contribution in [2.24, 2.45) is 5.73 Å². The molecule has 1 aromatic carbocycles. The van der Waals surface area contributed by atoms with Crippen molar-refractivity contribution in [2.45, 2.75) is 24.3 Å². The maximum atomic E-state index is 12.7. The third-order valence-corrected chi connectivity index (χ3v) is 8.13. The number of carbonyl (C=O) groups excluding carboxylic acids is 2. The van der Waals surface area contributed by atoms with E-state index >= 15 is 0 Å². The van der Waals surface area contributed by atoms with Gasteiger partial charge in [0.2, 0.25) is 5.91 Å². The van der Waals surface area contributed by atoms with Gasteiger partial charge in [-0.1, -0.05) is 36.0 Å². The number of thioether (sulfide) groups is 1. The minimum atomic E-state index is -0.482. The highest BCUT2D eigenvalue weighted by Crippen LogP contribution is 2.39. The number of nitrogens with zero attached hydrogens (tertiary/aromatic N) is 2.